The number of hydrogen-bond donors (Lipinski definition) is 0. The third kappa shape index (κ3) is 3.69. The van der Waals surface area contributed by atoms with Gasteiger partial charge in [0.05, 0.1) is 17.4 Å². The van der Waals surface area contributed by atoms with E-state index in [-0.39, 0.29) is 18.3 Å². The summed E-state index contributed by atoms with van der Waals surface area (Å²) < 4.78 is 5.65. The van der Waals surface area contributed by atoms with Crippen molar-refractivity contribution in [1.82, 2.24) is 4.98 Å². The van der Waals surface area contributed by atoms with E-state index in [1.165, 1.54) is 0 Å². The van der Waals surface area contributed by atoms with Crippen LogP contribution in [0.4, 0.5) is 5.69 Å². The second-order valence-corrected chi connectivity index (χ2v) is 8.40. The van der Waals surface area contributed by atoms with E-state index in [0.29, 0.717) is 17.0 Å². The van der Waals surface area contributed by atoms with Gasteiger partial charge in [-0.25, -0.2) is 4.98 Å². The monoisotopic (exact) mass is 440 g/mol. The Morgan fingerprint density at radius 3 is 2.47 bits per heavy atom. The van der Waals surface area contributed by atoms with Crippen LogP contribution < -0.4 is 9.64 Å². The summed E-state index contributed by atoms with van der Waals surface area (Å²) in [5.41, 5.74) is 3.90. The molecular weight excluding hydrogens is 420 g/mol. The maximum atomic E-state index is 13.1. The number of benzene rings is 3. The van der Waals surface area contributed by atoms with Crippen LogP contribution in [0, 0.1) is 0 Å². The number of carbonyl (C=O) groups is 2. The van der Waals surface area contributed by atoms with Crippen molar-refractivity contribution < 1.29 is 14.3 Å². The van der Waals surface area contributed by atoms with E-state index in [1.54, 1.807) is 35.3 Å². The van der Waals surface area contributed by atoms with Gasteiger partial charge < -0.3 is 4.74 Å². The lowest BCUT2D eigenvalue weighted by atomic mass is 10.0. The Bertz CT molecular complexity index is 1280. The first-order chi connectivity index (χ1) is 15.6. The maximum Gasteiger partial charge on any atom is 0.265 e. The molecule has 3 aromatic carbocycles. The largest absolute Gasteiger partial charge is 0.482 e. The summed E-state index contributed by atoms with van der Waals surface area (Å²) in [6, 6.07) is 24.0. The van der Waals surface area contributed by atoms with Crippen molar-refractivity contribution in [3.05, 3.63) is 89.8 Å². The van der Waals surface area contributed by atoms with Gasteiger partial charge in [0, 0.05) is 22.1 Å². The maximum absolute atomic E-state index is 13.1. The van der Waals surface area contributed by atoms with E-state index in [4.69, 9.17) is 9.72 Å². The molecule has 1 aliphatic heterocycles. The highest BCUT2D eigenvalue weighted by Gasteiger charge is 2.33. The SMILES string of the molecule is CC(C(=O)c1ccccc1)N1C(=O)COc2ccc(-c3csc(-c4ccccc4)n3)cc21. The first-order valence-electron chi connectivity index (χ1n) is 10.3. The fourth-order valence-corrected chi connectivity index (χ4v) is 4.67. The van der Waals surface area contributed by atoms with Crippen LogP contribution in [0.1, 0.15) is 17.3 Å². The predicted octanol–water partition coefficient (Wildman–Crippen LogP) is 5.47. The standard InChI is InChI=1S/C26H20N2O3S/c1-17(25(30)18-8-4-2-5-9-18)28-22-14-20(12-13-23(22)31-15-24(28)29)21-16-32-26(27-21)19-10-6-3-7-11-19/h2-14,16-17H,15H2,1H3. The number of hydrogen-bond acceptors (Lipinski definition) is 5. The van der Waals surface area contributed by atoms with Gasteiger partial charge in [-0.05, 0) is 25.1 Å². The number of rotatable bonds is 5. The Morgan fingerprint density at radius 2 is 1.72 bits per heavy atom. The molecule has 1 aromatic heterocycles. The van der Waals surface area contributed by atoms with Crippen molar-refractivity contribution >= 4 is 28.7 Å². The zero-order valence-corrected chi connectivity index (χ0v) is 18.2. The van der Waals surface area contributed by atoms with Crippen LogP contribution in [0.15, 0.2) is 84.2 Å². The average molecular weight is 441 g/mol. The summed E-state index contributed by atoms with van der Waals surface area (Å²) in [7, 11) is 0. The molecular formula is C26H20N2O3S. The van der Waals surface area contributed by atoms with Gasteiger partial charge >= 0.3 is 0 Å². The summed E-state index contributed by atoms with van der Waals surface area (Å²) >= 11 is 1.57. The Morgan fingerprint density at radius 1 is 1.00 bits per heavy atom. The third-order valence-corrected chi connectivity index (χ3v) is 6.38. The van der Waals surface area contributed by atoms with E-state index in [2.05, 4.69) is 0 Å². The number of amides is 1. The zero-order valence-electron chi connectivity index (χ0n) is 17.4. The summed E-state index contributed by atoms with van der Waals surface area (Å²) in [6.07, 6.45) is 0. The van der Waals surface area contributed by atoms with E-state index in [1.807, 2.05) is 72.1 Å². The lowest BCUT2D eigenvalue weighted by Gasteiger charge is -2.33. The van der Waals surface area contributed by atoms with Gasteiger partial charge in [-0.15, -0.1) is 11.3 Å². The molecule has 0 saturated heterocycles. The Labute approximate surface area is 189 Å². The number of carbonyl (C=O) groups excluding carboxylic acids is 2. The molecule has 2 heterocycles. The second-order valence-electron chi connectivity index (χ2n) is 7.55. The minimum atomic E-state index is -0.655. The minimum Gasteiger partial charge on any atom is -0.482 e. The van der Waals surface area contributed by atoms with Crippen molar-refractivity contribution in [2.75, 3.05) is 11.5 Å². The van der Waals surface area contributed by atoms with Gasteiger partial charge in [0.15, 0.2) is 12.4 Å². The van der Waals surface area contributed by atoms with E-state index in [9.17, 15) is 9.59 Å². The molecule has 1 amide bonds. The summed E-state index contributed by atoms with van der Waals surface area (Å²) in [4.78, 5) is 32.2. The van der Waals surface area contributed by atoms with Gasteiger partial charge in [-0.2, -0.15) is 0 Å². The van der Waals surface area contributed by atoms with Crippen LogP contribution in [0.5, 0.6) is 5.75 Å². The molecule has 1 aliphatic rings. The van der Waals surface area contributed by atoms with Crippen LogP contribution in [0.25, 0.3) is 21.8 Å². The predicted molar refractivity (Wildman–Crippen MR) is 126 cm³/mol. The molecule has 1 atom stereocenters. The van der Waals surface area contributed by atoms with Crippen LogP contribution in [0.3, 0.4) is 0 Å². The number of Topliss-reactive ketones (excluding diaryl/α,β-unsaturated/α-hetero) is 1. The molecule has 0 bridgehead atoms. The number of thiazole rings is 1. The quantitative estimate of drug-likeness (QED) is 0.386. The number of anilines is 1. The molecule has 1 unspecified atom stereocenters. The highest BCUT2D eigenvalue weighted by molar-refractivity contribution is 7.13. The zero-order chi connectivity index (χ0) is 22.1. The smallest absolute Gasteiger partial charge is 0.265 e. The molecule has 0 saturated carbocycles. The van der Waals surface area contributed by atoms with Gasteiger partial charge in [0.2, 0.25) is 0 Å². The molecule has 0 spiro atoms. The van der Waals surface area contributed by atoms with Gasteiger partial charge in [-0.3, -0.25) is 14.5 Å². The number of nitrogens with zero attached hydrogens (tertiary/aromatic N) is 2. The molecule has 0 aliphatic carbocycles. The van der Waals surface area contributed by atoms with Crippen LogP contribution in [-0.2, 0) is 4.79 Å². The van der Waals surface area contributed by atoms with Crippen molar-refractivity contribution in [3.63, 3.8) is 0 Å². The van der Waals surface area contributed by atoms with Crippen molar-refractivity contribution in [2.45, 2.75) is 13.0 Å². The first kappa shape index (κ1) is 20.2. The highest BCUT2D eigenvalue weighted by atomic mass is 32.1. The molecule has 5 nitrogen and oxygen atoms in total. The number of ether oxygens (including phenoxy) is 1. The van der Waals surface area contributed by atoms with Crippen molar-refractivity contribution in [2.24, 2.45) is 0 Å². The Balaban J connectivity index is 1.50. The van der Waals surface area contributed by atoms with Gasteiger partial charge in [0.25, 0.3) is 5.91 Å². The number of ketones is 1. The van der Waals surface area contributed by atoms with E-state index >= 15 is 0 Å². The average Bonchev–Trinajstić information content (AvgIpc) is 3.34. The first-order valence-corrected chi connectivity index (χ1v) is 11.2. The lowest BCUT2D eigenvalue weighted by molar-refractivity contribution is -0.121. The summed E-state index contributed by atoms with van der Waals surface area (Å²) in [6.45, 7) is 1.67. The molecule has 32 heavy (non-hydrogen) atoms. The normalized spacial score (nSPS) is 13.9. The van der Waals surface area contributed by atoms with Crippen molar-refractivity contribution in [1.29, 1.82) is 0 Å². The summed E-state index contributed by atoms with van der Waals surface area (Å²) in [5.74, 6) is 0.228. The fourth-order valence-electron chi connectivity index (χ4n) is 3.84. The number of aromatic nitrogens is 1. The van der Waals surface area contributed by atoms with E-state index in [0.717, 1.165) is 21.8 Å². The van der Waals surface area contributed by atoms with E-state index < -0.39 is 6.04 Å². The second kappa shape index (κ2) is 8.40. The molecule has 6 heteroatoms. The lowest BCUT2D eigenvalue weighted by Crippen LogP contribution is -2.48. The summed E-state index contributed by atoms with van der Waals surface area (Å²) in [5, 5.41) is 2.92. The van der Waals surface area contributed by atoms with Crippen molar-refractivity contribution in [3.8, 4) is 27.6 Å². The highest BCUT2D eigenvalue weighted by Crippen LogP contribution is 2.38. The molecule has 0 radical (unpaired) electrons. The van der Waals surface area contributed by atoms with Crippen LogP contribution >= 0.6 is 11.3 Å². The molecule has 5 rings (SSSR count). The van der Waals surface area contributed by atoms with Gasteiger partial charge in [-0.1, -0.05) is 60.7 Å². The third-order valence-electron chi connectivity index (χ3n) is 5.48. The Hall–Kier alpha value is -3.77. The van der Waals surface area contributed by atoms with Crippen LogP contribution in [-0.4, -0.2) is 29.3 Å². The molecule has 0 N–H and O–H groups in total. The molecule has 4 aromatic rings. The number of fused-ring (bicyclic) bond motifs is 1. The van der Waals surface area contributed by atoms with Gasteiger partial charge in [0.1, 0.15) is 10.8 Å². The molecule has 0 fully saturated rings. The fraction of sp³-hybridized carbons (Fsp3) is 0.115. The van der Waals surface area contributed by atoms with Crippen LogP contribution in [0.2, 0.25) is 0 Å². The Kier molecular flexibility index (Phi) is 5.29. The minimum absolute atomic E-state index is 0.0897. The molecule has 158 valence electrons. The topological polar surface area (TPSA) is 59.5 Å².